The molecule has 0 radical (unpaired) electrons. The van der Waals surface area contributed by atoms with E-state index in [4.69, 9.17) is 15.1 Å². The van der Waals surface area contributed by atoms with Gasteiger partial charge in [-0.15, -0.1) is 0 Å². The first-order valence-electron chi connectivity index (χ1n) is 6.47. The number of methoxy groups -OCH3 is 1. The number of amides is 1. The molecule has 0 bridgehead atoms. The van der Waals surface area contributed by atoms with E-state index in [9.17, 15) is 4.79 Å². The topological polar surface area (TPSA) is 73.6 Å². The Morgan fingerprint density at radius 3 is 2.81 bits per heavy atom. The van der Waals surface area contributed by atoms with Crippen LogP contribution in [0, 0.1) is 23.2 Å². The molecular formula is C16H18N2O3. The van der Waals surface area contributed by atoms with Gasteiger partial charge < -0.3 is 14.7 Å². The van der Waals surface area contributed by atoms with Crippen molar-refractivity contribution in [3.8, 4) is 23.7 Å². The largest absolute Gasteiger partial charge is 0.495 e. The van der Waals surface area contributed by atoms with Crippen LogP contribution in [0.5, 0.6) is 5.75 Å². The first-order valence-corrected chi connectivity index (χ1v) is 6.47. The maximum Gasteiger partial charge on any atom is 0.253 e. The molecule has 110 valence electrons. The second-order valence-electron chi connectivity index (χ2n) is 4.50. The van der Waals surface area contributed by atoms with Gasteiger partial charge in [-0.3, -0.25) is 4.79 Å². The van der Waals surface area contributed by atoms with Gasteiger partial charge in [0.05, 0.1) is 25.2 Å². The van der Waals surface area contributed by atoms with Crippen LogP contribution in [0.3, 0.4) is 0 Å². The number of nitriles is 1. The number of carbonyl (C=O) groups excluding carboxylic acids is 1. The fourth-order valence-corrected chi connectivity index (χ4v) is 1.75. The first kappa shape index (κ1) is 16.6. The van der Waals surface area contributed by atoms with Crippen molar-refractivity contribution in [1.82, 2.24) is 4.90 Å². The summed E-state index contributed by atoms with van der Waals surface area (Å²) in [5.41, 5.74) is 1.00. The van der Waals surface area contributed by atoms with Crippen molar-refractivity contribution in [3.63, 3.8) is 0 Å². The Balaban J connectivity index is 3.08. The summed E-state index contributed by atoms with van der Waals surface area (Å²) in [6.45, 7) is 1.55. The van der Waals surface area contributed by atoms with Gasteiger partial charge in [0.2, 0.25) is 0 Å². The molecule has 1 unspecified atom stereocenters. The lowest BCUT2D eigenvalue weighted by Gasteiger charge is -2.23. The first-order chi connectivity index (χ1) is 10.0. The van der Waals surface area contributed by atoms with Crippen LogP contribution in [0.1, 0.15) is 29.3 Å². The lowest BCUT2D eigenvalue weighted by Crippen LogP contribution is -2.34. The lowest BCUT2D eigenvalue weighted by molar-refractivity contribution is 0.0746. The quantitative estimate of drug-likeness (QED) is 0.849. The number of nitrogens with zero attached hydrogens (tertiary/aromatic N) is 2. The van der Waals surface area contributed by atoms with Crippen molar-refractivity contribution in [2.75, 3.05) is 20.8 Å². The Morgan fingerprint density at radius 2 is 2.24 bits per heavy atom. The van der Waals surface area contributed by atoms with E-state index in [-0.39, 0.29) is 25.0 Å². The molecule has 0 fully saturated rings. The zero-order chi connectivity index (χ0) is 15.8. The number of rotatable bonds is 4. The molecule has 5 heteroatoms. The van der Waals surface area contributed by atoms with Gasteiger partial charge in [0.1, 0.15) is 12.4 Å². The predicted molar refractivity (Wildman–Crippen MR) is 78.7 cm³/mol. The highest BCUT2D eigenvalue weighted by atomic mass is 16.5. The van der Waals surface area contributed by atoms with Crippen LogP contribution in [-0.2, 0) is 0 Å². The summed E-state index contributed by atoms with van der Waals surface area (Å²) < 4.78 is 5.17. The Labute approximate surface area is 124 Å². The maximum atomic E-state index is 12.4. The zero-order valence-corrected chi connectivity index (χ0v) is 12.4. The SMILES string of the molecule is COc1ccc(C(=O)N(C)C(C)CC#N)cc1C#CCO. The minimum absolute atomic E-state index is 0.170. The van der Waals surface area contributed by atoms with Gasteiger partial charge in [-0.25, -0.2) is 0 Å². The van der Waals surface area contributed by atoms with E-state index in [2.05, 4.69) is 11.8 Å². The van der Waals surface area contributed by atoms with Gasteiger partial charge in [-0.2, -0.15) is 5.26 Å². The number of carbonyl (C=O) groups is 1. The summed E-state index contributed by atoms with van der Waals surface area (Å²) >= 11 is 0. The molecule has 1 aromatic carbocycles. The molecule has 1 rings (SSSR count). The number of hydrogen-bond acceptors (Lipinski definition) is 4. The second-order valence-corrected chi connectivity index (χ2v) is 4.50. The number of benzene rings is 1. The molecule has 0 aliphatic rings. The summed E-state index contributed by atoms with van der Waals surface area (Å²) in [5, 5.41) is 17.5. The van der Waals surface area contributed by atoms with Crippen LogP contribution in [0.4, 0.5) is 0 Å². The molecule has 5 nitrogen and oxygen atoms in total. The zero-order valence-electron chi connectivity index (χ0n) is 12.4. The maximum absolute atomic E-state index is 12.4. The fourth-order valence-electron chi connectivity index (χ4n) is 1.75. The Morgan fingerprint density at radius 1 is 1.52 bits per heavy atom. The smallest absolute Gasteiger partial charge is 0.253 e. The Kier molecular flexibility index (Phi) is 6.26. The molecule has 0 spiro atoms. The van der Waals surface area contributed by atoms with Crippen molar-refractivity contribution in [3.05, 3.63) is 29.3 Å². The fraction of sp³-hybridized carbons (Fsp3) is 0.375. The summed E-state index contributed by atoms with van der Waals surface area (Å²) in [4.78, 5) is 13.9. The lowest BCUT2D eigenvalue weighted by atomic mass is 10.1. The number of aliphatic hydroxyl groups is 1. The number of hydrogen-bond donors (Lipinski definition) is 1. The summed E-state index contributed by atoms with van der Waals surface area (Å²) in [5.74, 6) is 5.64. The van der Waals surface area contributed by atoms with E-state index in [1.807, 2.05) is 13.0 Å². The van der Waals surface area contributed by atoms with Crippen LogP contribution >= 0.6 is 0 Å². The van der Waals surface area contributed by atoms with E-state index in [0.29, 0.717) is 16.9 Å². The molecule has 0 saturated carbocycles. The summed E-state index contributed by atoms with van der Waals surface area (Å²) in [6.07, 6.45) is 0.273. The molecule has 0 heterocycles. The van der Waals surface area contributed by atoms with Gasteiger partial charge >= 0.3 is 0 Å². The van der Waals surface area contributed by atoms with Gasteiger partial charge in [0.15, 0.2) is 0 Å². The van der Waals surface area contributed by atoms with Crippen LogP contribution in [0.15, 0.2) is 18.2 Å². The average Bonchev–Trinajstić information content (AvgIpc) is 2.51. The molecule has 0 aromatic heterocycles. The standard InChI is InChI=1S/C16H18N2O3/c1-12(8-9-17)18(2)16(20)14-6-7-15(21-3)13(11-14)5-4-10-19/h6-7,11-12,19H,8,10H2,1-3H3. The summed E-state index contributed by atoms with van der Waals surface area (Å²) in [6, 6.07) is 6.82. The third-order valence-electron chi connectivity index (χ3n) is 3.12. The molecule has 1 aromatic rings. The monoisotopic (exact) mass is 286 g/mol. The van der Waals surface area contributed by atoms with Gasteiger partial charge in [0.25, 0.3) is 5.91 Å². The molecule has 1 N–H and O–H groups in total. The second kappa shape index (κ2) is 7.94. The molecule has 1 amide bonds. The highest BCUT2D eigenvalue weighted by molar-refractivity contribution is 5.95. The molecule has 0 aliphatic heterocycles. The van der Waals surface area contributed by atoms with Crippen LogP contribution in [-0.4, -0.2) is 42.7 Å². The van der Waals surface area contributed by atoms with Crippen molar-refractivity contribution in [2.45, 2.75) is 19.4 Å². The third kappa shape index (κ3) is 4.24. The molecule has 21 heavy (non-hydrogen) atoms. The minimum Gasteiger partial charge on any atom is -0.495 e. The number of ether oxygens (including phenoxy) is 1. The summed E-state index contributed by atoms with van der Waals surface area (Å²) in [7, 11) is 3.18. The van der Waals surface area contributed by atoms with Crippen molar-refractivity contribution in [2.24, 2.45) is 0 Å². The van der Waals surface area contributed by atoms with Crippen LogP contribution in [0.2, 0.25) is 0 Å². The van der Waals surface area contributed by atoms with Gasteiger partial charge in [0, 0.05) is 18.7 Å². The Hall–Kier alpha value is -2.50. The minimum atomic E-state index is -0.263. The molecule has 1 atom stereocenters. The van der Waals surface area contributed by atoms with Crippen molar-refractivity contribution in [1.29, 1.82) is 5.26 Å². The molecular weight excluding hydrogens is 268 g/mol. The van der Waals surface area contributed by atoms with E-state index < -0.39 is 0 Å². The van der Waals surface area contributed by atoms with Gasteiger partial charge in [-0.05, 0) is 25.1 Å². The van der Waals surface area contributed by atoms with E-state index in [0.717, 1.165) is 0 Å². The Bertz CT molecular complexity index is 608. The van der Waals surface area contributed by atoms with E-state index in [1.54, 1.807) is 25.2 Å². The van der Waals surface area contributed by atoms with Crippen LogP contribution in [0.25, 0.3) is 0 Å². The normalized spacial score (nSPS) is 10.8. The van der Waals surface area contributed by atoms with Crippen molar-refractivity contribution < 1.29 is 14.6 Å². The average molecular weight is 286 g/mol. The van der Waals surface area contributed by atoms with Crippen LogP contribution < -0.4 is 4.74 Å². The van der Waals surface area contributed by atoms with E-state index >= 15 is 0 Å². The van der Waals surface area contributed by atoms with Crippen molar-refractivity contribution >= 4 is 5.91 Å². The molecule has 0 saturated heterocycles. The predicted octanol–water partition coefficient (Wildman–Crippen LogP) is 1.41. The highest BCUT2D eigenvalue weighted by Crippen LogP contribution is 2.20. The molecule has 0 aliphatic carbocycles. The highest BCUT2D eigenvalue weighted by Gasteiger charge is 2.18. The number of aliphatic hydroxyl groups excluding tert-OH is 1. The van der Waals surface area contributed by atoms with E-state index in [1.165, 1.54) is 12.0 Å². The van der Waals surface area contributed by atoms with Gasteiger partial charge in [-0.1, -0.05) is 11.8 Å². The third-order valence-corrected chi connectivity index (χ3v) is 3.12.